The average Bonchev–Trinajstić information content (AvgIpc) is 3.43. The smallest absolute Gasteiger partial charge is 0.337 e. The number of hydrazone groups is 1. The number of hydrogen-bond donors (Lipinski definition) is 0. The SMILES string of the molecule is COC(=O)c1ccc(C(=O)N(/N=C/c2ccco2)c2nc3ccc(F)cc3s2)cc1. The van der Waals surface area contributed by atoms with Crippen LogP contribution >= 0.6 is 11.3 Å². The summed E-state index contributed by atoms with van der Waals surface area (Å²) in [6, 6.07) is 13.5. The van der Waals surface area contributed by atoms with Crippen LogP contribution in [0.4, 0.5) is 9.52 Å². The van der Waals surface area contributed by atoms with E-state index in [2.05, 4.69) is 14.8 Å². The first-order valence-electron chi connectivity index (χ1n) is 8.71. The van der Waals surface area contributed by atoms with Crippen molar-refractivity contribution < 1.29 is 23.1 Å². The predicted octanol–water partition coefficient (Wildman–Crippen LogP) is 4.50. The molecule has 0 saturated carbocycles. The highest BCUT2D eigenvalue weighted by Gasteiger charge is 2.22. The molecule has 0 saturated heterocycles. The number of thiazole rings is 1. The van der Waals surface area contributed by atoms with E-state index in [0.717, 1.165) is 16.3 Å². The van der Waals surface area contributed by atoms with E-state index < -0.39 is 17.7 Å². The molecule has 0 radical (unpaired) electrons. The fourth-order valence-electron chi connectivity index (χ4n) is 2.63. The lowest BCUT2D eigenvalue weighted by Gasteiger charge is -2.13. The Morgan fingerprint density at radius 1 is 1.17 bits per heavy atom. The molecule has 0 aliphatic carbocycles. The summed E-state index contributed by atoms with van der Waals surface area (Å²) >= 11 is 1.13. The van der Waals surface area contributed by atoms with E-state index in [-0.39, 0.29) is 10.7 Å². The van der Waals surface area contributed by atoms with E-state index in [9.17, 15) is 14.0 Å². The highest BCUT2D eigenvalue weighted by Crippen LogP contribution is 2.30. The lowest BCUT2D eigenvalue weighted by atomic mass is 10.1. The summed E-state index contributed by atoms with van der Waals surface area (Å²) in [6.45, 7) is 0. The molecule has 7 nitrogen and oxygen atoms in total. The van der Waals surface area contributed by atoms with Crippen LogP contribution in [-0.4, -0.2) is 30.2 Å². The Labute approximate surface area is 174 Å². The molecule has 4 rings (SSSR count). The number of rotatable bonds is 5. The maximum Gasteiger partial charge on any atom is 0.337 e. The number of esters is 1. The number of amides is 1. The minimum Gasteiger partial charge on any atom is -0.465 e. The quantitative estimate of drug-likeness (QED) is 0.268. The van der Waals surface area contributed by atoms with Gasteiger partial charge in [-0.05, 0) is 54.6 Å². The molecule has 0 spiro atoms. The van der Waals surface area contributed by atoms with Crippen molar-refractivity contribution in [2.24, 2.45) is 5.10 Å². The lowest BCUT2D eigenvalue weighted by molar-refractivity contribution is 0.0600. The minimum atomic E-state index is -0.505. The third kappa shape index (κ3) is 3.96. The Balaban J connectivity index is 1.72. The molecule has 0 unspecified atom stereocenters. The molecule has 2 heterocycles. The number of aromatic nitrogens is 1. The largest absolute Gasteiger partial charge is 0.465 e. The van der Waals surface area contributed by atoms with Gasteiger partial charge in [-0.15, -0.1) is 0 Å². The van der Waals surface area contributed by atoms with E-state index >= 15 is 0 Å². The van der Waals surface area contributed by atoms with Gasteiger partial charge in [0.1, 0.15) is 11.6 Å². The van der Waals surface area contributed by atoms with Crippen molar-refractivity contribution in [1.29, 1.82) is 0 Å². The van der Waals surface area contributed by atoms with Crippen LogP contribution in [0.25, 0.3) is 10.2 Å². The van der Waals surface area contributed by atoms with E-state index in [4.69, 9.17) is 4.42 Å². The molecule has 0 N–H and O–H groups in total. The van der Waals surface area contributed by atoms with Crippen molar-refractivity contribution in [1.82, 2.24) is 4.98 Å². The summed E-state index contributed by atoms with van der Waals surface area (Å²) in [5.41, 5.74) is 1.14. The van der Waals surface area contributed by atoms with Crippen molar-refractivity contribution in [2.75, 3.05) is 12.1 Å². The Kier molecular flexibility index (Phi) is 5.36. The normalized spacial score (nSPS) is 11.1. The van der Waals surface area contributed by atoms with Gasteiger partial charge in [0, 0.05) is 5.56 Å². The van der Waals surface area contributed by atoms with Gasteiger partial charge in [0.05, 0.1) is 35.4 Å². The Hall–Kier alpha value is -3.85. The lowest BCUT2D eigenvalue weighted by Crippen LogP contribution is -2.25. The summed E-state index contributed by atoms with van der Waals surface area (Å²) in [5, 5.41) is 5.61. The van der Waals surface area contributed by atoms with Crippen LogP contribution in [0.2, 0.25) is 0 Å². The van der Waals surface area contributed by atoms with Gasteiger partial charge in [0.2, 0.25) is 5.13 Å². The highest BCUT2D eigenvalue weighted by molar-refractivity contribution is 7.22. The molecule has 2 aromatic carbocycles. The monoisotopic (exact) mass is 423 g/mol. The van der Waals surface area contributed by atoms with Gasteiger partial charge >= 0.3 is 5.97 Å². The molecule has 1 amide bonds. The third-order valence-electron chi connectivity index (χ3n) is 4.11. The number of benzene rings is 2. The molecule has 150 valence electrons. The second kappa shape index (κ2) is 8.26. The maximum absolute atomic E-state index is 13.6. The zero-order chi connectivity index (χ0) is 21.1. The standard InChI is InChI=1S/C21H14FN3O4S/c1-28-20(27)14-6-4-13(5-7-14)19(26)25(23-12-16-3-2-10-29-16)21-24-17-9-8-15(22)11-18(17)30-21/h2-12H,1H3/b23-12+. The van der Waals surface area contributed by atoms with Gasteiger partial charge in [-0.25, -0.2) is 14.2 Å². The molecule has 2 aromatic heterocycles. The van der Waals surface area contributed by atoms with E-state index in [1.165, 1.54) is 62.1 Å². The summed E-state index contributed by atoms with van der Waals surface area (Å²) < 4.78 is 24.0. The summed E-state index contributed by atoms with van der Waals surface area (Å²) in [6.07, 6.45) is 2.87. The van der Waals surface area contributed by atoms with Crippen LogP contribution in [0.1, 0.15) is 26.5 Å². The van der Waals surface area contributed by atoms with Crippen LogP contribution in [0.3, 0.4) is 0 Å². The van der Waals surface area contributed by atoms with Crippen molar-refractivity contribution >= 4 is 44.8 Å². The molecule has 0 aliphatic heterocycles. The van der Waals surface area contributed by atoms with Gasteiger partial charge in [0.25, 0.3) is 5.91 Å². The molecule has 4 aromatic rings. The number of halogens is 1. The van der Waals surface area contributed by atoms with Crippen molar-refractivity contribution in [3.63, 3.8) is 0 Å². The number of carbonyl (C=O) groups excluding carboxylic acids is 2. The Morgan fingerprint density at radius 3 is 2.63 bits per heavy atom. The van der Waals surface area contributed by atoms with Crippen LogP contribution in [0, 0.1) is 5.82 Å². The van der Waals surface area contributed by atoms with Gasteiger partial charge in [-0.2, -0.15) is 10.1 Å². The second-order valence-electron chi connectivity index (χ2n) is 6.05. The topological polar surface area (TPSA) is 85.0 Å². The first kappa shape index (κ1) is 19.5. The number of ether oxygens (including phenoxy) is 1. The van der Waals surface area contributed by atoms with Gasteiger partial charge in [-0.3, -0.25) is 4.79 Å². The number of hydrogen-bond acceptors (Lipinski definition) is 7. The minimum absolute atomic E-state index is 0.264. The number of anilines is 1. The molecule has 0 atom stereocenters. The van der Waals surface area contributed by atoms with E-state index in [0.29, 0.717) is 21.5 Å². The second-order valence-corrected chi connectivity index (χ2v) is 7.06. The Morgan fingerprint density at radius 2 is 1.93 bits per heavy atom. The number of carbonyl (C=O) groups is 2. The van der Waals surface area contributed by atoms with Gasteiger partial charge in [0.15, 0.2) is 0 Å². The van der Waals surface area contributed by atoms with E-state index in [1.54, 1.807) is 12.1 Å². The molecule has 0 bridgehead atoms. The van der Waals surface area contributed by atoms with E-state index in [1.807, 2.05) is 0 Å². The molecule has 9 heteroatoms. The molecular formula is C21H14FN3O4S. The number of fused-ring (bicyclic) bond motifs is 1. The van der Waals surface area contributed by atoms with Crippen LogP contribution in [0.5, 0.6) is 0 Å². The number of furan rings is 1. The fourth-order valence-corrected chi connectivity index (χ4v) is 3.58. The van der Waals surface area contributed by atoms with Crippen LogP contribution in [-0.2, 0) is 4.74 Å². The van der Waals surface area contributed by atoms with Gasteiger partial charge in [-0.1, -0.05) is 11.3 Å². The fraction of sp³-hybridized carbons (Fsp3) is 0.0476. The molecule has 0 aliphatic rings. The maximum atomic E-state index is 13.6. The predicted molar refractivity (Wildman–Crippen MR) is 110 cm³/mol. The summed E-state index contributed by atoms with van der Waals surface area (Å²) in [7, 11) is 1.28. The average molecular weight is 423 g/mol. The Bertz CT molecular complexity index is 1230. The van der Waals surface area contributed by atoms with Crippen molar-refractivity contribution in [3.8, 4) is 0 Å². The zero-order valence-electron chi connectivity index (χ0n) is 15.6. The summed E-state index contributed by atoms with van der Waals surface area (Å²) in [4.78, 5) is 29.2. The van der Waals surface area contributed by atoms with Crippen molar-refractivity contribution in [3.05, 3.63) is 83.6 Å². The molecule has 0 fully saturated rings. The first-order chi connectivity index (χ1) is 14.5. The van der Waals surface area contributed by atoms with Crippen molar-refractivity contribution in [2.45, 2.75) is 0 Å². The molecular weight excluding hydrogens is 409 g/mol. The van der Waals surface area contributed by atoms with Crippen LogP contribution in [0.15, 0.2) is 70.4 Å². The first-order valence-corrected chi connectivity index (χ1v) is 9.53. The van der Waals surface area contributed by atoms with Crippen LogP contribution < -0.4 is 5.01 Å². The number of methoxy groups -OCH3 is 1. The van der Waals surface area contributed by atoms with Gasteiger partial charge < -0.3 is 9.15 Å². The third-order valence-corrected chi connectivity index (χ3v) is 5.10. The number of nitrogens with zero attached hydrogens (tertiary/aromatic N) is 3. The molecule has 30 heavy (non-hydrogen) atoms. The zero-order valence-corrected chi connectivity index (χ0v) is 16.4. The highest BCUT2D eigenvalue weighted by atomic mass is 32.1. The summed E-state index contributed by atoms with van der Waals surface area (Å²) in [5.74, 6) is -0.933.